The van der Waals surface area contributed by atoms with Gasteiger partial charge in [0.05, 0.1) is 26.4 Å². The minimum atomic E-state index is -4.97. The van der Waals surface area contributed by atoms with E-state index >= 15 is 0 Å². The molecule has 0 saturated heterocycles. The second-order valence-electron chi connectivity index (χ2n) is 32.5. The van der Waals surface area contributed by atoms with Gasteiger partial charge >= 0.3 is 39.5 Å². The molecular weight excluding hydrogens is 1400 g/mol. The molecule has 0 aromatic rings. The fraction of sp³-hybridized carbons (Fsp3) is 0.955. The highest BCUT2D eigenvalue weighted by Crippen LogP contribution is 2.45. The second kappa shape index (κ2) is 81.6. The lowest BCUT2D eigenvalue weighted by molar-refractivity contribution is -0.161. The first-order chi connectivity index (χ1) is 52.5. The van der Waals surface area contributed by atoms with Gasteiger partial charge in [0.25, 0.3) is 0 Å². The van der Waals surface area contributed by atoms with Gasteiger partial charge in [-0.25, -0.2) is 9.13 Å². The van der Waals surface area contributed by atoms with Crippen LogP contribution in [0.25, 0.3) is 0 Å². The summed E-state index contributed by atoms with van der Waals surface area (Å²) in [5.41, 5.74) is 0. The first-order valence-electron chi connectivity index (χ1n) is 46.1. The van der Waals surface area contributed by atoms with Crippen LogP contribution in [0.15, 0.2) is 0 Å². The zero-order valence-electron chi connectivity index (χ0n) is 71.0. The van der Waals surface area contributed by atoms with E-state index in [-0.39, 0.29) is 25.7 Å². The van der Waals surface area contributed by atoms with Crippen LogP contribution < -0.4 is 0 Å². The van der Waals surface area contributed by atoms with E-state index in [9.17, 15) is 43.2 Å². The van der Waals surface area contributed by atoms with Gasteiger partial charge in [-0.2, -0.15) is 0 Å². The Bertz CT molecular complexity index is 2050. The molecule has 5 atom stereocenters. The summed E-state index contributed by atoms with van der Waals surface area (Å²) in [5.74, 6) is -1.29. The van der Waals surface area contributed by atoms with E-state index in [0.717, 1.165) is 95.8 Å². The van der Waals surface area contributed by atoms with Crippen molar-refractivity contribution in [3.63, 3.8) is 0 Å². The number of aliphatic hydroxyl groups is 1. The number of carbonyl (C=O) groups is 4. The average molecular weight is 1580 g/mol. The Morgan fingerprint density at radius 3 is 0.630 bits per heavy atom. The van der Waals surface area contributed by atoms with Crippen LogP contribution in [0, 0.1) is 5.92 Å². The smallest absolute Gasteiger partial charge is 0.462 e. The van der Waals surface area contributed by atoms with Gasteiger partial charge in [-0.3, -0.25) is 37.3 Å². The van der Waals surface area contributed by atoms with Crippen LogP contribution in [0.5, 0.6) is 0 Å². The molecule has 19 heteroatoms. The Balaban J connectivity index is 5.17. The molecule has 17 nitrogen and oxygen atoms in total. The number of carbonyl (C=O) groups excluding carboxylic acids is 4. The maximum atomic E-state index is 13.2. The molecule has 0 radical (unpaired) electrons. The molecule has 0 aliphatic carbocycles. The van der Waals surface area contributed by atoms with Crippen molar-refractivity contribution in [3.8, 4) is 0 Å². The number of hydrogen-bond acceptors (Lipinski definition) is 15. The summed E-state index contributed by atoms with van der Waals surface area (Å²) >= 11 is 0. The summed E-state index contributed by atoms with van der Waals surface area (Å²) in [7, 11) is -9.93. The third-order valence-corrected chi connectivity index (χ3v) is 22.9. The van der Waals surface area contributed by atoms with Gasteiger partial charge in [0.2, 0.25) is 0 Å². The van der Waals surface area contributed by atoms with E-state index in [1.54, 1.807) is 0 Å². The van der Waals surface area contributed by atoms with Crippen LogP contribution in [-0.2, 0) is 65.4 Å². The molecule has 2 unspecified atom stereocenters. The lowest BCUT2D eigenvalue weighted by atomic mass is 10.0. The van der Waals surface area contributed by atoms with Crippen molar-refractivity contribution in [1.82, 2.24) is 0 Å². The Morgan fingerprint density at radius 2 is 0.426 bits per heavy atom. The predicted molar refractivity (Wildman–Crippen MR) is 446 cm³/mol. The van der Waals surface area contributed by atoms with E-state index in [0.29, 0.717) is 25.7 Å². The van der Waals surface area contributed by atoms with E-state index in [2.05, 4.69) is 34.6 Å². The third kappa shape index (κ3) is 82.1. The summed E-state index contributed by atoms with van der Waals surface area (Å²) in [5, 5.41) is 10.7. The average Bonchev–Trinajstić information content (AvgIpc) is 0.902. The van der Waals surface area contributed by atoms with Crippen molar-refractivity contribution in [2.45, 2.75) is 502 Å². The Morgan fingerprint density at radius 1 is 0.250 bits per heavy atom. The molecule has 0 aliphatic heterocycles. The number of hydrogen-bond donors (Lipinski definition) is 3. The minimum absolute atomic E-state index is 0.108. The van der Waals surface area contributed by atoms with Gasteiger partial charge in [-0.1, -0.05) is 433 Å². The highest BCUT2D eigenvalue weighted by Gasteiger charge is 2.30. The van der Waals surface area contributed by atoms with Crippen molar-refractivity contribution < 1.29 is 80.2 Å². The normalized spacial score (nSPS) is 13.7. The number of phosphoric acid groups is 2. The Hall–Kier alpha value is -1.94. The van der Waals surface area contributed by atoms with Crippen LogP contribution >= 0.6 is 15.6 Å². The summed E-state index contributed by atoms with van der Waals surface area (Å²) in [6.45, 7) is 7.38. The fourth-order valence-electron chi connectivity index (χ4n) is 14.0. The zero-order valence-corrected chi connectivity index (χ0v) is 72.8. The van der Waals surface area contributed by atoms with E-state index in [1.165, 1.54) is 308 Å². The number of phosphoric ester groups is 2. The van der Waals surface area contributed by atoms with Gasteiger partial charge in [0.15, 0.2) is 12.2 Å². The monoisotopic (exact) mass is 1580 g/mol. The van der Waals surface area contributed by atoms with Crippen LogP contribution in [0.3, 0.4) is 0 Å². The SMILES string of the molecule is CCCCCCCCCCCCCCCCCCCCCCCC(=O)O[C@H](COC(=O)CCCCCCCCCCCCCCCCCCCCCC)COP(=O)(O)OC[C@@H](O)COP(=O)(O)OC[C@@H](COC(=O)CCCCCCCCCC)OC(=O)CCCCCCCCCCCCCCCCCCC(C)C. The third-order valence-electron chi connectivity index (χ3n) is 21.0. The number of ether oxygens (including phenoxy) is 4. The van der Waals surface area contributed by atoms with Crippen molar-refractivity contribution >= 4 is 39.5 Å². The molecule has 0 bridgehead atoms. The number of rotatable bonds is 89. The molecule has 0 rings (SSSR count). The number of unbranched alkanes of at least 4 members (excludes halogenated alkanes) is 61. The summed E-state index contributed by atoms with van der Waals surface area (Å²) < 4.78 is 68.9. The van der Waals surface area contributed by atoms with E-state index in [1.807, 2.05) is 0 Å². The Labute approximate surface area is 664 Å². The lowest BCUT2D eigenvalue weighted by Crippen LogP contribution is -2.30. The molecule has 0 aliphatic rings. The molecule has 642 valence electrons. The van der Waals surface area contributed by atoms with Gasteiger partial charge in [0, 0.05) is 25.7 Å². The summed E-state index contributed by atoms with van der Waals surface area (Å²) in [6, 6.07) is 0. The highest BCUT2D eigenvalue weighted by atomic mass is 31.2. The van der Waals surface area contributed by atoms with Crippen molar-refractivity contribution in [3.05, 3.63) is 0 Å². The van der Waals surface area contributed by atoms with E-state index in [4.69, 9.17) is 37.0 Å². The molecular formula is C89H174O17P2. The first-order valence-corrected chi connectivity index (χ1v) is 49.1. The van der Waals surface area contributed by atoms with Gasteiger partial charge in [-0.05, 0) is 31.6 Å². The predicted octanol–water partition coefficient (Wildman–Crippen LogP) is 27.5. The maximum absolute atomic E-state index is 13.2. The lowest BCUT2D eigenvalue weighted by Gasteiger charge is -2.21. The second-order valence-corrected chi connectivity index (χ2v) is 35.4. The molecule has 108 heavy (non-hydrogen) atoms. The van der Waals surface area contributed by atoms with Crippen LogP contribution in [-0.4, -0.2) is 96.7 Å². The van der Waals surface area contributed by atoms with E-state index < -0.39 is 97.5 Å². The molecule has 0 amide bonds. The van der Waals surface area contributed by atoms with Gasteiger partial charge in [0.1, 0.15) is 19.3 Å². The molecule has 0 spiro atoms. The zero-order chi connectivity index (χ0) is 79.0. The van der Waals surface area contributed by atoms with Crippen LogP contribution in [0.4, 0.5) is 0 Å². The molecule has 0 aromatic carbocycles. The van der Waals surface area contributed by atoms with Gasteiger partial charge in [-0.15, -0.1) is 0 Å². The first kappa shape index (κ1) is 106. The van der Waals surface area contributed by atoms with Crippen molar-refractivity contribution in [1.29, 1.82) is 0 Å². The number of esters is 4. The Kier molecular flexibility index (Phi) is 80.2. The van der Waals surface area contributed by atoms with Crippen LogP contribution in [0.2, 0.25) is 0 Å². The molecule has 3 N–H and O–H groups in total. The topological polar surface area (TPSA) is 237 Å². The molecule has 0 heterocycles. The quantitative estimate of drug-likeness (QED) is 0.0222. The van der Waals surface area contributed by atoms with Crippen molar-refractivity contribution in [2.24, 2.45) is 5.92 Å². The summed E-state index contributed by atoms with van der Waals surface area (Å²) in [6.07, 6.45) is 76.6. The molecule has 0 aromatic heterocycles. The summed E-state index contributed by atoms with van der Waals surface area (Å²) in [4.78, 5) is 73.2. The largest absolute Gasteiger partial charge is 0.472 e. The highest BCUT2D eigenvalue weighted by molar-refractivity contribution is 7.47. The van der Waals surface area contributed by atoms with Crippen LogP contribution in [0.1, 0.15) is 484 Å². The number of aliphatic hydroxyl groups excluding tert-OH is 1. The van der Waals surface area contributed by atoms with Crippen molar-refractivity contribution in [2.75, 3.05) is 39.6 Å². The minimum Gasteiger partial charge on any atom is -0.462 e. The molecule has 0 saturated carbocycles. The molecule has 0 fully saturated rings. The maximum Gasteiger partial charge on any atom is 0.472 e. The standard InChI is InChI=1S/C89H174O17P2/c1-6-9-12-15-18-21-23-25-27-29-31-33-35-37-42-46-50-54-59-64-69-75-89(94)106-85(79-100-87(92)73-68-63-58-53-49-45-41-36-34-32-30-28-26-24-22-19-16-13-10-7-2)81-104-108(97,98)102-77-83(90)76-101-107(95,96)103-80-84(78-99-86(91)72-67-62-57-20-17-14-11-8-3)105-88(93)74-70-65-60-55-51-47-43-39-38-40-44-48-52-56-61-66-71-82(4)5/h82-85,90H,6-81H2,1-5H3,(H,95,96)(H,97,98)/t83-,84+,85+/m0/s1. The van der Waals surface area contributed by atoms with Gasteiger partial charge < -0.3 is 33.8 Å². The fourth-order valence-corrected chi connectivity index (χ4v) is 15.6.